The molecule has 0 bridgehead atoms. The number of carboxylic acid groups (broad SMARTS) is 2. The van der Waals surface area contributed by atoms with Crippen molar-refractivity contribution in [1.82, 2.24) is 15.1 Å². The van der Waals surface area contributed by atoms with Crippen LogP contribution in [0.4, 0.5) is 0 Å². The maximum Gasteiger partial charge on any atom is 0.353 e. The molecule has 3 saturated heterocycles. The van der Waals surface area contributed by atoms with Gasteiger partial charge in [0.25, 0.3) is 5.91 Å². The largest absolute Gasteiger partial charge is 0.479 e. The quantitative estimate of drug-likeness (QED) is 0.279. The van der Waals surface area contributed by atoms with Gasteiger partial charge < -0.3 is 31.1 Å². The highest BCUT2D eigenvalue weighted by molar-refractivity contribution is 8.00. The molecule has 5 rings (SSSR count). The molecule has 3 amide bonds. The molecule has 4 aliphatic heterocycles. The van der Waals surface area contributed by atoms with Gasteiger partial charge in [-0.05, 0) is 11.6 Å². The third-order valence-corrected chi connectivity index (χ3v) is 7.91. The highest BCUT2D eigenvalue weighted by atomic mass is 35.5. The highest BCUT2D eigenvalue weighted by Gasteiger charge is 2.55. The van der Waals surface area contributed by atoms with E-state index in [2.05, 4.69) is 5.32 Å². The number of aliphatic carboxylic acids is 2. The molecule has 5 atom stereocenters. The van der Waals surface area contributed by atoms with Gasteiger partial charge in [-0.25, -0.2) is 9.59 Å². The second-order valence-corrected chi connectivity index (χ2v) is 10.0. The topological polar surface area (TPSA) is 200 Å². The third kappa shape index (κ3) is 4.95. The first-order chi connectivity index (χ1) is 18.1. The second kappa shape index (κ2) is 11.0. The van der Waals surface area contributed by atoms with Gasteiger partial charge in [0.05, 0.1) is 18.1 Å². The maximum absolute atomic E-state index is 12.3. The second-order valence-electron chi connectivity index (χ2n) is 8.45. The van der Waals surface area contributed by atoms with Gasteiger partial charge in [0.15, 0.2) is 12.3 Å². The number of halogens is 1. The van der Waals surface area contributed by atoms with Gasteiger partial charge in [0, 0.05) is 5.75 Å². The number of fused-ring (bicyclic) bond motifs is 2. The van der Waals surface area contributed by atoms with Gasteiger partial charge in [0.1, 0.15) is 28.9 Å². The van der Waals surface area contributed by atoms with Gasteiger partial charge in [-0.2, -0.15) is 0 Å². The highest BCUT2D eigenvalue weighted by Crippen LogP contribution is 2.41. The number of amides is 3. The summed E-state index contributed by atoms with van der Waals surface area (Å²) in [5.41, 5.74) is 6.32. The van der Waals surface area contributed by atoms with Crippen LogP contribution in [0.3, 0.4) is 0 Å². The fourth-order valence-electron chi connectivity index (χ4n) is 4.30. The van der Waals surface area contributed by atoms with Crippen molar-refractivity contribution in [2.75, 3.05) is 12.4 Å². The summed E-state index contributed by atoms with van der Waals surface area (Å²) < 4.78 is 5.17. The van der Waals surface area contributed by atoms with Crippen LogP contribution in [0, 0.1) is 0 Å². The predicted molar refractivity (Wildman–Crippen MR) is 132 cm³/mol. The van der Waals surface area contributed by atoms with Crippen LogP contribution >= 0.6 is 23.4 Å². The Morgan fingerprint density at radius 3 is 2.50 bits per heavy atom. The van der Waals surface area contributed by atoms with E-state index in [9.17, 15) is 29.1 Å². The average Bonchev–Trinajstić information content (AvgIpc) is 3.19. The van der Waals surface area contributed by atoms with E-state index in [0.717, 1.165) is 4.90 Å². The Morgan fingerprint density at radius 1 is 1.24 bits per heavy atom. The normalized spacial score (nSPS) is 27.2. The number of nitrogens with zero attached hydrogens (tertiary/aromatic N) is 2. The Balaban J connectivity index is 0.000000204. The lowest BCUT2D eigenvalue weighted by Crippen LogP contribution is -2.70. The molecule has 3 fully saturated rings. The lowest BCUT2D eigenvalue weighted by molar-refractivity contribution is -0.163. The molecule has 6 N–H and O–H groups in total. The molecule has 0 radical (unpaired) electrons. The summed E-state index contributed by atoms with van der Waals surface area (Å²) in [6.45, 7) is -0.298. The summed E-state index contributed by atoms with van der Waals surface area (Å²) in [4.78, 5) is 60.0. The van der Waals surface area contributed by atoms with Crippen molar-refractivity contribution in [3.05, 3.63) is 58.5 Å². The number of rotatable bonds is 6. The number of thioether (sulfide) groups is 1. The summed E-state index contributed by atoms with van der Waals surface area (Å²) in [7, 11) is 0. The van der Waals surface area contributed by atoms with Gasteiger partial charge in [-0.3, -0.25) is 24.2 Å². The van der Waals surface area contributed by atoms with Gasteiger partial charge in [-0.1, -0.05) is 41.9 Å². The molecule has 15 heteroatoms. The minimum Gasteiger partial charge on any atom is -0.479 e. The zero-order chi connectivity index (χ0) is 27.7. The summed E-state index contributed by atoms with van der Waals surface area (Å²) in [6.07, 6.45) is 1.03. The van der Waals surface area contributed by atoms with E-state index in [-0.39, 0.29) is 41.2 Å². The first-order valence-corrected chi connectivity index (χ1v) is 12.7. The first-order valence-electron chi connectivity index (χ1n) is 11.3. The van der Waals surface area contributed by atoms with Crippen molar-refractivity contribution in [3.63, 3.8) is 0 Å². The molecular formula is C23H23ClN4O9S. The monoisotopic (exact) mass is 566 g/mol. The van der Waals surface area contributed by atoms with Crippen LogP contribution in [0.25, 0.3) is 0 Å². The standard InChI is InChI=1S/C15H14ClN3O4S.C8H9NO5/c16-8-6-24-14-10(13(21)19(14)11(8)15(22)23)18-12(20)9(17)7-4-2-1-3-5-7;10-2-1-4-7(8(12)13)9-5(11)3-6(9)14-4/h1-5,9-10,14H,6,17H2,(H,18,20)(H,22,23);1,6-7,10H,2-3H2,(H,12,13)/b;4-1-/t9-,10-,14-;6-,7-/m11/s1. The predicted octanol–water partition coefficient (Wildman–Crippen LogP) is -0.474. The number of aliphatic hydroxyl groups excluding tert-OH is 1. The molecule has 1 aromatic carbocycles. The average molecular weight is 567 g/mol. The maximum atomic E-state index is 12.3. The number of carbonyl (C=O) groups is 5. The lowest BCUT2D eigenvalue weighted by atomic mass is 10.0. The van der Waals surface area contributed by atoms with E-state index in [1.165, 1.54) is 22.7 Å². The summed E-state index contributed by atoms with van der Waals surface area (Å²) in [6, 6.07) is 6.01. The first kappa shape index (κ1) is 27.4. The molecule has 0 spiro atoms. The number of nitrogens with two attached hydrogens (primary N) is 1. The minimum atomic E-state index is -1.26. The SMILES string of the molecule is N[C@@H](C(=O)N[C@@H]1C(=O)N2C(C(=O)O)=C(Cl)CS[C@H]12)c1ccccc1.O=C(O)[C@H]1/C(=C/CO)O[C@@H]2CC(=O)N21. The zero-order valence-electron chi connectivity index (χ0n) is 19.5. The zero-order valence-corrected chi connectivity index (χ0v) is 21.1. The van der Waals surface area contributed by atoms with Crippen molar-refractivity contribution in [3.8, 4) is 0 Å². The van der Waals surface area contributed by atoms with Crippen molar-refractivity contribution < 1.29 is 44.0 Å². The molecule has 4 heterocycles. The Bertz CT molecular complexity index is 1240. The van der Waals surface area contributed by atoms with E-state index in [4.69, 9.17) is 32.3 Å². The van der Waals surface area contributed by atoms with Crippen LogP contribution in [0.15, 0.2) is 52.9 Å². The van der Waals surface area contributed by atoms with E-state index >= 15 is 0 Å². The van der Waals surface area contributed by atoms with Crippen LogP contribution in [0.1, 0.15) is 18.0 Å². The molecule has 0 aliphatic carbocycles. The van der Waals surface area contributed by atoms with Crippen LogP contribution in [0.5, 0.6) is 0 Å². The van der Waals surface area contributed by atoms with Crippen molar-refractivity contribution in [1.29, 1.82) is 0 Å². The smallest absolute Gasteiger partial charge is 0.353 e. The number of β-lactam (4-membered cyclic amide) rings is 2. The summed E-state index contributed by atoms with van der Waals surface area (Å²) in [5, 5.41) is 28.9. The molecule has 1 aromatic rings. The molecule has 13 nitrogen and oxygen atoms in total. The fourth-order valence-corrected chi connectivity index (χ4v) is 5.85. The molecule has 4 aliphatic rings. The van der Waals surface area contributed by atoms with E-state index < -0.39 is 53.5 Å². The number of nitrogens with one attached hydrogen (secondary N) is 1. The van der Waals surface area contributed by atoms with Crippen molar-refractivity contribution in [2.24, 2.45) is 5.73 Å². The van der Waals surface area contributed by atoms with E-state index in [1.807, 2.05) is 6.07 Å². The number of ether oxygens (including phenoxy) is 1. The Morgan fingerprint density at radius 2 is 1.92 bits per heavy atom. The number of aliphatic hydroxyl groups is 1. The lowest BCUT2D eigenvalue weighted by Gasteiger charge is -2.48. The fraction of sp³-hybridized carbons (Fsp3) is 0.348. The Kier molecular flexibility index (Phi) is 7.97. The number of benzene rings is 1. The minimum absolute atomic E-state index is 0.114. The summed E-state index contributed by atoms with van der Waals surface area (Å²) in [5.74, 6) is -3.20. The number of hydrogen-bond acceptors (Lipinski definition) is 9. The number of carboxylic acids is 2. The Hall–Kier alpha value is -3.59. The summed E-state index contributed by atoms with van der Waals surface area (Å²) >= 11 is 7.20. The van der Waals surface area contributed by atoms with Crippen LogP contribution in [-0.2, 0) is 28.7 Å². The molecule has 0 saturated carbocycles. The van der Waals surface area contributed by atoms with Gasteiger partial charge in [0.2, 0.25) is 11.8 Å². The Labute approximate surface area is 224 Å². The third-order valence-electron chi connectivity index (χ3n) is 6.16. The molecule has 0 aromatic heterocycles. The van der Waals surface area contributed by atoms with Crippen LogP contribution in [0.2, 0.25) is 0 Å². The van der Waals surface area contributed by atoms with Crippen LogP contribution in [-0.4, -0.2) is 90.8 Å². The van der Waals surface area contributed by atoms with Crippen molar-refractivity contribution >= 4 is 53.0 Å². The van der Waals surface area contributed by atoms with Gasteiger partial charge in [-0.15, -0.1) is 11.8 Å². The van der Waals surface area contributed by atoms with E-state index in [0.29, 0.717) is 5.56 Å². The van der Waals surface area contributed by atoms with Crippen LogP contribution < -0.4 is 11.1 Å². The van der Waals surface area contributed by atoms with Gasteiger partial charge >= 0.3 is 11.9 Å². The number of hydrogen-bond donors (Lipinski definition) is 5. The van der Waals surface area contributed by atoms with Crippen molar-refractivity contribution in [2.45, 2.75) is 36.1 Å². The number of carbonyl (C=O) groups excluding carboxylic acids is 3. The van der Waals surface area contributed by atoms with E-state index in [1.54, 1.807) is 24.3 Å². The molecule has 38 heavy (non-hydrogen) atoms. The molecular weight excluding hydrogens is 544 g/mol. The molecule has 202 valence electrons. The molecule has 0 unspecified atom stereocenters.